The minimum atomic E-state index is 0.0237. The number of carbonyl (C=O) groups excluding carboxylic acids is 1. The molecule has 0 saturated heterocycles. The second-order valence-corrected chi connectivity index (χ2v) is 10.3. The molecule has 1 atom stereocenters. The highest BCUT2D eigenvalue weighted by molar-refractivity contribution is 7.15. The molecule has 0 saturated carbocycles. The molecule has 0 unspecified atom stereocenters. The summed E-state index contributed by atoms with van der Waals surface area (Å²) in [5.74, 6) is 0.323. The molecule has 1 aromatic carbocycles. The lowest BCUT2D eigenvalue weighted by molar-refractivity contribution is 0.149. The van der Waals surface area contributed by atoms with Gasteiger partial charge in [0.1, 0.15) is 5.00 Å². The van der Waals surface area contributed by atoms with Crippen LogP contribution in [0, 0.1) is 12.8 Å². The number of fused-ring (bicyclic) bond motifs is 5. The van der Waals surface area contributed by atoms with Crippen molar-refractivity contribution in [1.82, 2.24) is 14.8 Å². The second kappa shape index (κ2) is 8.19. The number of amides is 2. The van der Waals surface area contributed by atoms with E-state index >= 15 is 0 Å². The van der Waals surface area contributed by atoms with E-state index in [-0.39, 0.29) is 12.1 Å². The average molecular weight is 434 g/mol. The maximum atomic E-state index is 13.5. The van der Waals surface area contributed by atoms with Crippen molar-refractivity contribution in [2.24, 2.45) is 5.92 Å². The largest absolute Gasteiger partial charge is 0.334 e. The van der Waals surface area contributed by atoms with Crippen LogP contribution >= 0.6 is 11.3 Å². The molecule has 2 aliphatic rings. The zero-order valence-electron chi connectivity index (χ0n) is 18.6. The van der Waals surface area contributed by atoms with E-state index in [0.29, 0.717) is 19.0 Å². The maximum Gasteiger partial charge on any atom is 0.318 e. The molecule has 2 aromatic heterocycles. The number of aryl methyl sites for hydroxylation is 2. The number of aromatic nitrogens is 1. The number of nitrogens with one attached hydrogen (secondary N) is 1. The number of nitrogens with zero attached hydrogens (tertiary/aromatic N) is 2. The second-order valence-electron chi connectivity index (χ2n) is 9.26. The fraction of sp³-hybridized carbons (Fsp3) is 0.423. The van der Waals surface area contributed by atoms with Crippen LogP contribution in [0.2, 0.25) is 0 Å². The van der Waals surface area contributed by atoms with Gasteiger partial charge in [-0.25, -0.2) is 4.79 Å². The Morgan fingerprint density at radius 2 is 1.90 bits per heavy atom. The summed E-state index contributed by atoms with van der Waals surface area (Å²) < 4.78 is 2.36. The van der Waals surface area contributed by atoms with Crippen LogP contribution in [-0.4, -0.2) is 15.5 Å². The predicted molar refractivity (Wildman–Crippen MR) is 127 cm³/mol. The van der Waals surface area contributed by atoms with Crippen LogP contribution in [0.4, 0.5) is 4.79 Å². The van der Waals surface area contributed by atoms with Crippen molar-refractivity contribution < 1.29 is 4.79 Å². The molecular formula is C26H31N3OS. The molecule has 2 amide bonds. The monoisotopic (exact) mass is 433 g/mol. The van der Waals surface area contributed by atoms with Crippen molar-refractivity contribution >= 4 is 17.4 Å². The average Bonchev–Trinajstić information content (AvgIpc) is 3.34. The molecule has 1 N–H and O–H groups in total. The van der Waals surface area contributed by atoms with Gasteiger partial charge in [-0.1, -0.05) is 43.7 Å². The predicted octanol–water partition coefficient (Wildman–Crippen LogP) is 6.15. The summed E-state index contributed by atoms with van der Waals surface area (Å²) in [5.41, 5.74) is 6.46. The van der Waals surface area contributed by atoms with E-state index < -0.39 is 0 Å². The Morgan fingerprint density at radius 1 is 1.13 bits per heavy atom. The third-order valence-corrected chi connectivity index (χ3v) is 8.02. The highest BCUT2D eigenvalue weighted by Gasteiger charge is 2.36. The van der Waals surface area contributed by atoms with Gasteiger partial charge in [-0.3, -0.25) is 0 Å². The topological polar surface area (TPSA) is 37.3 Å². The van der Waals surface area contributed by atoms with Crippen molar-refractivity contribution in [2.75, 3.05) is 0 Å². The lowest BCUT2D eigenvalue weighted by atomic mass is 9.94. The Balaban J connectivity index is 1.50. The number of rotatable bonds is 3. The Kier molecular flexibility index (Phi) is 5.39. The van der Waals surface area contributed by atoms with Gasteiger partial charge < -0.3 is 14.8 Å². The van der Waals surface area contributed by atoms with Crippen molar-refractivity contribution in [3.05, 3.63) is 75.4 Å². The summed E-state index contributed by atoms with van der Waals surface area (Å²) in [6, 6.07) is 12.8. The van der Waals surface area contributed by atoms with E-state index in [4.69, 9.17) is 0 Å². The fourth-order valence-corrected chi connectivity index (χ4v) is 6.51. The number of hydrogen-bond donors (Lipinski definition) is 1. The van der Waals surface area contributed by atoms with E-state index in [1.165, 1.54) is 51.5 Å². The van der Waals surface area contributed by atoms with E-state index in [1.54, 1.807) is 0 Å². The van der Waals surface area contributed by atoms with Crippen LogP contribution in [0.15, 0.2) is 42.6 Å². The molecule has 5 rings (SSSR count). The minimum Gasteiger partial charge on any atom is -0.334 e. The van der Waals surface area contributed by atoms with Crippen LogP contribution in [-0.2, 0) is 25.9 Å². The first-order valence-corrected chi connectivity index (χ1v) is 12.3. The summed E-state index contributed by atoms with van der Waals surface area (Å²) in [7, 11) is 0. The van der Waals surface area contributed by atoms with Gasteiger partial charge >= 0.3 is 6.03 Å². The Bertz CT molecular complexity index is 1090. The highest BCUT2D eigenvalue weighted by atomic mass is 32.1. The lowest BCUT2D eigenvalue weighted by Gasteiger charge is -2.33. The van der Waals surface area contributed by atoms with Gasteiger partial charge in [-0.15, -0.1) is 11.3 Å². The zero-order chi connectivity index (χ0) is 21.5. The number of hydrogen-bond acceptors (Lipinski definition) is 2. The first-order chi connectivity index (χ1) is 15.0. The van der Waals surface area contributed by atoms with Gasteiger partial charge in [-0.05, 0) is 61.8 Å². The van der Waals surface area contributed by atoms with Crippen molar-refractivity contribution in [3.8, 4) is 5.00 Å². The lowest BCUT2D eigenvalue weighted by Crippen LogP contribution is -2.43. The van der Waals surface area contributed by atoms with E-state index in [1.807, 2.05) is 11.3 Å². The van der Waals surface area contributed by atoms with Crippen molar-refractivity contribution in [2.45, 2.75) is 65.6 Å². The molecule has 3 aromatic rings. The van der Waals surface area contributed by atoms with Crippen LogP contribution in [0.25, 0.3) is 5.00 Å². The molecule has 162 valence electrons. The molecule has 1 aliphatic heterocycles. The number of carbonyl (C=O) groups is 1. The molecule has 0 bridgehead atoms. The molecular weight excluding hydrogens is 402 g/mol. The van der Waals surface area contributed by atoms with Gasteiger partial charge in [0, 0.05) is 28.9 Å². The normalized spacial score (nSPS) is 17.7. The van der Waals surface area contributed by atoms with Crippen molar-refractivity contribution in [1.29, 1.82) is 0 Å². The van der Waals surface area contributed by atoms with Crippen LogP contribution in [0.1, 0.15) is 65.6 Å². The van der Waals surface area contributed by atoms with Crippen LogP contribution in [0.5, 0.6) is 0 Å². The first-order valence-electron chi connectivity index (χ1n) is 11.4. The Labute approximate surface area is 188 Å². The number of thiophene rings is 1. The SMILES string of the molecule is Cc1ccc(CNC(=O)N2Cc3c(sc4c3CCCC4)-n3cccc3[C@H]2C(C)C)cc1. The summed E-state index contributed by atoms with van der Waals surface area (Å²) >= 11 is 1.94. The maximum absolute atomic E-state index is 13.5. The van der Waals surface area contributed by atoms with Gasteiger partial charge in [0.25, 0.3) is 0 Å². The summed E-state index contributed by atoms with van der Waals surface area (Å²) in [4.78, 5) is 17.2. The van der Waals surface area contributed by atoms with Gasteiger partial charge in [-0.2, -0.15) is 0 Å². The van der Waals surface area contributed by atoms with Gasteiger partial charge in [0.2, 0.25) is 0 Å². The molecule has 0 spiro atoms. The van der Waals surface area contributed by atoms with E-state index in [2.05, 4.69) is 78.2 Å². The molecule has 0 radical (unpaired) electrons. The molecule has 5 heteroatoms. The Morgan fingerprint density at radius 3 is 2.68 bits per heavy atom. The molecule has 0 fully saturated rings. The summed E-state index contributed by atoms with van der Waals surface area (Å²) in [6.45, 7) is 7.76. The van der Waals surface area contributed by atoms with Crippen molar-refractivity contribution in [3.63, 3.8) is 0 Å². The van der Waals surface area contributed by atoms with Gasteiger partial charge in [0.15, 0.2) is 0 Å². The smallest absolute Gasteiger partial charge is 0.318 e. The van der Waals surface area contributed by atoms with Crippen LogP contribution < -0.4 is 5.32 Å². The quantitative estimate of drug-likeness (QED) is 0.529. The molecule has 31 heavy (non-hydrogen) atoms. The van der Waals surface area contributed by atoms with Crippen LogP contribution in [0.3, 0.4) is 0 Å². The Hall–Kier alpha value is -2.53. The fourth-order valence-electron chi connectivity index (χ4n) is 5.11. The van der Waals surface area contributed by atoms with E-state index in [9.17, 15) is 4.79 Å². The van der Waals surface area contributed by atoms with E-state index in [0.717, 1.165) is 12.0 Å². The summed E-state index contributed by atoms with van der Waals surface area (Å²) in [5, 5.41) is 4.53. The number of benzene rings is 1. The standard InChI is InChI=1S/C26H31N3OS/c1-17(2)24-22-8-6-14-28(22)25-21(20-7-4-5-9-23(20)31-25)16-29(24)26(30)27-15-19-12-10-18(3)11-13-19/h6,8,10-14,17,24H,4-5,7,9,15-16H2,1-3H3,(H,27,30)/t24-/m1/s1. The first kappa shape index (κ1) is 20.4. The third kappa shape index (κ3) is 3.69. The molecule has 3 heterocycles. The number of urea groups is 1. The highest BCUT2D eigenvalue weighted by Crippen LogP contribution is 2.43. The summed E-state index contributed by atoms with van der Waals surface area (Å²) in [6.07, 6.45) is 7.03. The molecule has 4 nitrogen and oxygen atoms in total. The molecule has 1 aliphatic carbocycles. The zero-order valence-corrected chi connectivity index (χ0v) is 19.5. The van der Waals surface area contributed by atoms with Gasteiger partial charge in [0.05, 0.1) is 12.6 Å². The minimum absolute atomic E-state index is 0.0237. The third-order valence-electron chi connectivity index (χ3n) is 6.68.